The Hall–Kier alpha value is -1.00. The Morgan fingerprint density at radius 2 is 1.79 bits per heavy atom. The van der Waals surface area contributed by atoms with Gasteiger partial charge in [-0.25, -0.2) is 9.97 Å². The summed E-state index contributed by atoms with van der Waals surface area (Å²) in [7, 11) is 1.79. The minimum atomic E-state index is -0.257. The fraction of sp³-hybridized carbons (Fsp3) is 0.733. The second-order valence-electron chi connectivity index (χ2n) is 5.31. The Labute approximate surface area is 116 Å². The molecule has 0 unspecified atom stereocenters. The molecule has 0 saturated heterocycles. The molecule has 1 heterocycles. The molecule has 2 rings (SSSR count). The molecule has 0 radical (unpaired) electrons. The van der Waals surface area contributed by atoms with Gasteiger partial charge in [0, 0.05) is 31.6 Å². The van der Waals surface area contributed by atoms with Gasteiger partial charge >= 0.3 is 0 Å². The lowest BCUT2D eigenvalue weighted by Gasteiger charge is -2.29. The van der Waals surface area contributed by atoms with Crippen LogP contribution in [0.15, 0.2) is 12.4 Å². The van der Waals surface area contributed by atoms with Crippen molar-refractivity contribution in [1.82, 2.24) is 15.3 Å². The molecule has 0 aromatic carbocycles. The predicted octanol–water partition coefficient (Wildman–Crippen LogP) is 2.78. The number of nitrogens with one attached hydrogen (secondary N) is 1. The van der Waals surface area contributed by atoms with Gasteiger partial charge in [-0.2, -0.15) is 0 Å². The third-order valence-corrected chi connectivity index (χ3v) is 3.99. The first-order valence-corrected chi connectivity index (χ1v) is 7.38. The number of rotatable bonds is 5. The van der Waals surface area contributed by atoms with E-state index in [4.69, 9.17) is 4.74 Å². The summed E-state index contributed by atoms with van der Waals surface area (Å²) in [5.41, 5.74) is 0.873. The summed E-state index contributed by atoms with van der Waals surface area (Å²) in [6.45, 7) is 3.89. The molecule has 1 aliphatic carbocycles. The molecule has 1 aromatic heterocycles. The van der Waals surface area contributed by atoms with E-state index in [0.29, 0.717) is 0 Å². The van der Waals surface area contributed by atoms with Crippen molar-refractivity contribution in [3.8, 4) is 0 Å². The first-order chi connectivity index (χ1) is 9.30. The van der Waals surface area contributed by atoms with Crippen LogP contribution in [0.3, 0.4) is 0 Å². The smallest absolute Gasteiger partial charge is 0.160 e. The summed E-state index contributed by atoms with van der Waals surface area (Å²) in [4.78, 5) is 9.13. The molecule has 1 aliphatic rings. The zero-order valence-corrected chi connectivity index (χ0v) is 12.1. The van der Waals surface area contributed by atoms with E-state index in [-0.39, 0.29) is 5.60 Å². The largest absolute Gasteiger partial charge is 0.370 e. The molecule has 1 N–H and O–H groups in total. The van der Waals surface area contributed by atoms with Gasteiger partial charge in [-0.05, 0) is 19.4 Å². The minimum Gasteiger partial charge on any atom is -0.370 e. The monoisotopic (exact) mass is 263 g/mol. The molecule has 106 valence electrons. The first-order valence-electron chi connectivity index (χ1n) is 7.38. The van der Waals surface area contributed by atoms with Crippen LogP contribution in [0.2, 0.25) is 0 Å². The summed E-state index contributed by atoms with van der Waals surface area (Å²) >= 11 is 0. The summed E-state index contributed by atoms with van der Waals surface area (Å²) in [5, 5.41) is 3.29. The normalized spacial score (nSPS) is 19.1. The molecular formula is C15H25N3O. The van der Waals surface area contributed by atoms with Crippen molar-refractivity contribution in [1.29, 1.82) is 0 Å². The fourth-order valence-electron chi connectivity index (χ4n) is 2.77. The Kier molecular flexibility index (Phi) is 5.28. The van der Waals surface area contributed by atoms with E-state index in [9.17, 15) is 0 Å². The van der Waals surface area contributed by atoms with Crippen LogP contribution in [0.25, 0.3) is 0 Å². The number of hydrogen-bond donors (Lipinski definition) is 1. The zero-order chi connectivity index (χ0) is 13.6. The topological polar surface area (TPSA) is 47.0 Å². The van der Waals surface area contributed by atoms with E-state index in [2.05, 4.69) is 22.2 Å². The van der Waals surface area contributed by atoms with Crippen LogP contribution in [-0.4, -0.2) is 23.6 Å². The molecule has 19 heavy (non-hydrogen) atoms. The highest BCUT2D eigenvalue weighted by Crippen LogP contribution is 2.36. The number of methoxy groups -OCH3 is 1. The number of aromatic nitrogens is 2. The maximum atomic E-state index is 5.83. The SMILES string of the molecule is CCNCc1cnc(C2(OC)CCCCCC2)nc1. The van der Waals surface area contributed by atoms with Crippen molar-refractivity contribution in [3.63, 3.8) is 0 Å². The van der Waals surface area contributed by atoms with E-state index in [1.807, 2.05) is 12.4 Å². The number of nitrogens with zero attached hydrogens (tertiary/aromatic N) is 2. The van der Waals surface area contributed by atoms with Gasteiger partial charge in [-0.15, -0.1) is 0 Å². The van der Waals surface area contributed by atoms with Gasteiger partial charge in [0.05, 0.1) is 0 Å². The number of hydrogen-bond acceptors (Lipinski definition) is 4. The molecular weight excluding hydrogens is 238 g/mol. The molecule has 1 aromatic rings. The van der Waals surface area contributed by atoms with Crippen LogP contribution in [0, 0.1) is 0 Å². The summed E-state index contributed by atoms with van der Waals surface area (Å²) in [6, 6.07) is 0. The van der Waals surface area contributed by atoms with Crippen molar-refractivity contribution < 1.29 is 4.74 Å². The third kappa shape index (κ3) is 3.51. The second-order valence-corrected chi connectivity index (χ2v) is 5.31. The van der Waals surface area contributed by atoms with Gasteiger partial charge in [-0.3, -0.25) is 0 Å². The Morgan fingerprint density at radius 1 is 1.16 bits per heavy atom. The van der Waals surface area contributed by atoms with Crippen LogP contribution in [0.5, 0.6) is 0 Å². The minimum absolute atomic E-state index is 0.257. The molecule has 1 saturated carbocycles. The average Bonchev–Trinajstić information content (AvgIpc) is 2.72. The van der Waals surface area contributed by atoms with E-state index >= 15 is 0 Å². The molecule has 0 atom stereocenters. The van der Waals surface area contributed by atoms with Crippen LogP contribution < -0.4 is 5.32 Å². The van der Waals surface area contributed by atoms with Crippen molar-refractivity contribution in [2.45, 2.75) is 57.6 Å². The van der Waals surface area contributed by atoms with Crippen molar-refractivity contribution in [3.05, 3.63) is 23.8 Å². The molecule has 1 fully saturated rings. The van der Waals surface area contributed by atoms with Gasteiger partial charge in [0.15, 0.2) is 5.82 Å². The standard InChI is InChI=1S/C15H25N3O/c1-3-16-10-13-11-17-14(18-12-13)15(19-2)8-6-4-5-7-9-15/h11-12,16H,3-10H2,1-2H3. The fourth-order valence-corrected chi connectivity index (χ4v) is 2.77. The molecule has 4 heteroatoms. The number of ether oxygens (including phenoxy) is 1. The van der Waals surface area contributed by atoms with Crippen LogP contribution >= 0.6 is 0 Å². The zero-order valence-electron chi connectivity index (χ0n) is 12.1. The highest BCUT2D eigenvalue weighted by atomic mass is 16.5. The maximum Gasteiger partial charge on any atom is 0.160 e. The van der Waals surface area contributed by atoms with E-state index < -0.39 is 0 Å². The summed E-state index contributed by atoms with van der Waals surface area (Å²) < 4.78 is 5.83. The Morgan fingerprint density at radius 3 is 2.32 bits per heavy atom. The van der Waals surface area contributed by atoms with Crippen LogP contribution in [0.4, 0.5) is 0 Å². The van der Waals surface area contributed by atoms with Gasteiger partial charge < -0.3 is 10.1 Å². The highest BCUT2D eigenvalue weighted by Gasteiger charge is 2.35. The van der Waals surface area contributed by atoms with Gasteiger partial charge in [-0.1, -0.05) is 32.6 Å². The van der Waals surface area contributed by atoms with Crippen LogP contribution in [0.1, 0.15) is 56.8 Å². The van der Waals surface area contributed by atoms with Crippen molar-refractivity contribution in [2.24, 2.45) is 0 Å². The van der Waals surface area contributed by atoms with Gasteiger partial charge in [0.25, 0.3) is 0 Å². The predicted molar refractivity (Wildman–Crippen MR) is 75.8 cm³/mol. The lowest BCUT2D eigenvalue weighted by Crippen LogP contribution is -2.30. The Bertz CT molecular complexity index is 369. The third-order valence-electron chi connectivity index (χ3n) is 3.99. The molecule has 0 aliphatic heterocycles. The van der Waals surface area contributed by atoms with Crippen LogP contribution in [-0.2, 0) is 16.9 Å². The Balaban J connectivity index is 2.13. The van der Waals surface area contributed by atoms with Gasteiger partial charge in [0.1, 0.15) is 5.60 Å². The summed E-state index contributed by atoms with van der Waals surface area (Å²) in [6.07, 6.45) is 10.9. The lowest BCUT2D eigenvalue weighted by atomic mass is 9.93. The molecule has 0 amide bonds. The average molecular weight is 263 g/mol. The first kappa shape index (κ1) is 14.4. The van der Waals surface area contributed by atoms with E-state index in [0.717, 1.165) is 37.3 Å². The molecule has 0 spiro atoms. The maximum absolute atomic E-state index is 5.83. The molecule has 4 nitrogen and oxygen atoms in total. The van der Waals surface area contributed by atoms with E-state index in [1.165, 1.54) is 25.7 Å². The summed E-state index contributed by atoms with van der Waals surface area (Å²) in [5.74, 6) is 0.858. The van der Waals surface area contributed by atoms with Gasteiger partial charge in [0.2, 0.25) is 0 Å². The lowest BCUT2D eigenvalue weighted by molar-refractivity contribution is -0.0352. The van der Waals surface area contributed by atoms with Crippen molar-refractivity contribution >= 4 is 0 Å². The molecule has 0 bridgehead atoms. The highest BCUT2D eigenvalue weighted by molar-refractivity contribution is 5.10. The quantitative estimate of drug-likeness (QED) is 0.830. The van der Waals surface area contributed by atoms with Crippen molar-refractivity contribution in [2.75, 3.05) is 13.7 Å². The second kappa shape index (κ2) is 6.96. The van der Waals surface area contributed by atoms with E-state index in [1.54, 1.807) is 7.11 Å².